The van der Waals surface area contributed by atoms with Crippen LogP contribution < -0.4 is 10.6 Å². The molecule has 7 heteroatoms. The maximum atomic E-state index is 12.7. The molecule has 3 heterocycles. The van der Waals surface area contributed by atoms with Gasteiger partial charge >= 0.3 is 6.03 Å². The first-order valence-electron chi connectivity index (χ1n) is 10.8. The van der Waals surface area contributed by atoms with E-state index in [1.165, 1.54) is 12.0 Å². The van der Waals surface area contributed by atoms with E-state index in [1.807, 2.05) is 23.1 Å². The Kier molecular flexibility index (Phi) is 6.35. The molecule has 0 aromatic heterocycles. The number of nitrogens with one attached hydrogen (secondary N) is 2. The number of hydrogen-bond donors (Lipinski definition) is 2. The summed E-state index contributed by atoms with van der Waals surface area (Å²) in [6, 6.07) is 10.9. The zero-order valence-corrected chi connectivity index (χ0v) is 17.4. The molecule has 7 nitrogen and oxygen atoms in total. The van der Waals surface area contributed by atoms with Crippen molar-refractivity contribution in [3.05, 3.63) is 35.9 Å². The summed E-state index contributed by atoms with van der Waals surface area (Å²) in [6.07, 6.45) is 3.91. The van der Waals surface area contributed by atoms with Gasteiger partial charge in [0.1, 0.15) is 5.84 Å². The number of nitrogens with zero attached hydrogens (tertiary/aromatic N) is 3. The molecule has 3 saturated heterocycles. The molecule has 2 unspecified atom stereocenters. The van der Waals surface area contributed by atoms with Crippen LogP contribution in [0.15, 0.2) is 35.3 Å². The molecule has 2 amide bonds. The van der Waals surface area contributed by atoms with E-state index in [-0.39, 0.29) is 11.6 Å². The van der Waals surface area contributed by atoms with Crippen LogP contribution in [0, 0.1) is 0 Å². The lowest BCUT2D eigenvalue weighted by molar-refractivity contribution is 0.0863. The van der Waals surface area contributed by atoms with Crippen molar-refractivity contribution in [3.8, 4) is 0 Å². The molecule has 158 valence electrons. The van der Waals surface area contributed by atoms with E-state index in [2.05, 4.69) is 27.7 Å². The summed E-state index contributed by atoms with van der Waals surface area (Å²) >= 11 is 0. The first-order valence-corrected chi connectivity index (χ1v) is 10.8. The van der Waals surface area contributed by atoms with E-state index in [4.69, 9.17) is 9.73 Å². The quantitative estimate of drug-likeness (QED) is 0.712. The Morgan fingerprint density at radius 2 is 2.07 bits per heavy atom. The maximum absolute atomic E-state index is 12.7. The molecule has 1 aromatic carbocycles. The van der Waals surface area contributed by atoms with Crippen LogP contribution in [0.4, 0.5) is 4.79 Å². The summed E-state index contributed by atoms with van der Waals surface area (Å²) in [4.78, 5) is 22.1. The highest BCUT2D eigenvalue weighted by molar-refractivity contribution is 5.93. The average Bonchev–Trinajstić information content (AvgIpc) is 3.18. The number of amides is 2. The predicted molar refractivity (Wildman–Crippen MR) is 114 cm³/mol. The lowest BCUT2D eigenvalue weighted by Crippen LogP contribution is -2.67. The first-order chi connectivity index (χ1) is 14.2. The molecular weight excluding hydrogens is 366 g/mol. The van der Waals surface area contributed by atoms with Crippen LogP contribution in [0.5, 0.6) is 0 Å². The van der Waals surface area contributed by atoms with Crippen molar-refractivity contribution >= 4 is 11.9 Å². The number of aliphatic imine (C=N–C) groups is 1. The Bertz CT molecular complexity index is 715. The van der Waals surface area contributed by atoms with Crippen molar-refractivity contribution < 1.29 is 9.53 Å². The topological polar surface area (TPSA) is 69.2 Å². The Morgan fingerprint density at radius 3 is 2.83 bits per heavy atom. The molecule has 1 aromatic rings. The fourth-order valence-electron chi connectivity index (χ4n) is 4.89. The van der Waals surface area contributed by atoms with Gasteiger partial charge in [0.25, 0.3) is 0 Å². The number of amidine groups is 1. The molecule has 0 aliphatic carbocycles. The second-order valence-corrected chi connectivity index (χ2v) is 8.29. The number of piperazine rings is 1. The summed E-state index contributed by atoms with van der Waals surface area (Å²) < 4.78 is 5.19. The normalized spacial score (nSPS) is 26.5. The molecule has 29 heavy (non-hydrogen) atoms. The number of methoxy groups -OCH3 is 1. The number of hydrogen-bond acceptors (Lipinski definition) is 4. The standard InChI is InChI=1S/C22H33N5O2/c1-29-16-12-23-20-22(27-13-8-19(17-27)25-20)9-14-26(15-10-22)21(28)24-11-7-18-5-3-2-4-6-18/h2-6,19H,7-17H2,1H3,(H,23,25)(H,24,28). The second kappa shape index (κ2) is 9.13. The van der Waals surface area contributed by atoms with Crippen molar-refractivity contribution in [1.29, 1.82) is 0 Å². The first kappa shape index (κ1) is 20.2. The molecule has 3 aliphatic rings. The van der Waals surface area contributed by atoms with Crippen LogP contribution in [0.2, 0.25) is 0 Å². The minimum Gasteiger partial charge on any atom is -0.383 e. The second-order valence-electron chi connectivity index (χ2n) is 8.29. The molecule has 2 bridgehead atoms. The third-order valence-electron chi connectivity index (χ3n) is 6.55. The van der Waals surface area contributed by atoms with Crippen LogP contribution in [0.1, 0.15) is 24.8 Å². The van der Waals surface area contributed by atoms with E-state index in [0.29, 0.717) is 25.7 Å². The summed E-state index contributed by atoms with van der Waals surface area (Å²) in [5.74, 6) is 1.12. The molecule has 3 fully saturated rings. The Morgan fingerprint density at radius 1 is 1.28 bits per heavy atom. The van der Waals surface area contributed by atoms with Gasteiger partial charge in [-0.1, -0.05) is 30.3 Å². The van der Waals surface area contributed by atoms with Crippen molar-refractivity contribution in [2.24, 2.45) is 4.99 Å². The van der Waals surface area contributed by atoms with E-state index in [1.54, 1.807) is 7.11 Å². The highest BCUT2D eigenvalue weighted by Crippen LogP contribution is 2.36. The Balaban J connectivity index is 1.33. The number of likely N-dealkylation sites (tertiary alicyclic amines) is 1. The Hall–Kier alpha value is -2.12. The highest BCUT2D eigenvalue weighted by atomic mass is 16.5. The monoisotopic (exact) mass is 399 g/mol. The molecule has 1 spiro atoms. The van der Waals surface area contributed by atoms with Crippen LogP contribution in [0.3, 0.4) is 0 Å². The van der Waals surface area contributed by atoms with Crippen molar-refractivity contribution in [2.45, 2.75) is 37.3 Å². The maximum Gasteiger partial charge on any atom is 0.317 e. The number of carbonyl (C=O) groups is 1. The molecule has 0 saturated carbocycles. The van der Waals surface area contributed by atoms with Gasteiger partial charge in [-0.3, -0.25) is 9.89 Å². The fourth-order valence-corrected chi connectivity index (χ4v) is 4.89. The fraction of sp³-hybridized carbons (Fsp3) is 0.636. The van der Waals surface area contributed by atoms with Gasteiger partial charge in [0.2, 0.25) is 0 Å². The van der Waals surface area contributed by atoms with Crippen LogP contribution >= 0.6 is 0 Å². The van der Waals surface area contributed by atoms with Gasteiger partial charge in [0.05, 0.1) is 18.7 Å². The number of fused-ring (bicyclic) bond motifs is 3. The number of carbonyl (C=O) groups excluding carboxylic acids is 1. The van der Waals surface area contributed by atoms with Gasteiger partial charge < -0.3 is 20.3 Å². The van der Waals surface area contributed by atoms with Crippen LogP contribution in [0.25, 0.3) is 0 Å². The predicted octanol–water partition coefficient (Wildman–Crippen LogP) is 1.50. The summed E-state index contributed by atoms with van der Waals surface area (Å²) in [6.45, 7) is 5.74. The third kappa shape index (κ3) is 4.41. The van der Waals surface area contributed by atoms with Gasteiger partial charge in [0, 0.05) is 45.9 Å². The molecule has 4 rings (SSSR count). The van der Waals surface area contributed by atoms with E-state index >= 15 is 0 Å². The number of rotatable bonds is 6. The molecule has 2 atom stereocenters. The van der Waals surface area contributed by atoms with Crippen molar-refractivity contribution in [2.75, 3.05) is 53.0 Å². The highest BCUT2D eigenvalue weighted by Gasteiger charge is 2.51. The number of piperidine rings is 1. The summed E-state index contributed by atoms with van der Waals surface area (Å²) in [7, 11) is 1.71. The molecule has 3 aliphatic heterocycles. The summed E-state index contributed by atoms with van der Waals surface area (Å²) in [5, 5.41) is 6.78. The SMILES string of the molecule is COCCN=C1NC2CCN(C2)C12CCN(C(=O)NCCc1ccccc1)CC2. The molecular formula is C22H33N5O2. The minimum absolute atomic E-state index is 0.0401. The molecule has 2 N–H and O–H groups in total. The number of urea groups is 1. The van der Waals surface area contributed by atoms with Gasteiger partial charge in [-0.2, -0.15) is 0 Å². The van der Waals surface area contributed by atoms with Gasteiger partial charge in [-0.15, -0.1) is 0 Å². The van der Waals surface area contributed by atoms with E-state index in [0.717, 1.165) is 51.3 Å². The zero-order chi connectivity index (χ0) is 20.1. The largest absolute Gasteiger partial charge is 0.383 e. The average molecular weight is 400 g/mol. The number of ether oxygens (including phenoxy) is 1. The number of benzene rings is 1. The van der Waals surface area contributed by atoms with Gasteiger partial charge in [0.15, 0.2) is 0 Å². The van der Waals surface area contributed by atoms with Crippen LogP contribution in [-0.2, 0) is 11.2 Å². The van der Waals surface area contributed by atoms with E-state index in [9.17, 15) is 4.79 Å². The smallest absolute Gasteiger partial charge is 0.317 e. The van der Waals surface area contributed by atoms with Gasteiger partial charge in [-0.05, 0) is 31.2 Å². The van der Waals surface area contributed by atoms with E-state index < -0.39 is 0 Å². The third-order valence-corrected chi connectivity index (χ3v) is 6.55. The van der Waals surface area contributed by atoms with Crippen molar-refractivity contribution in [1.82, 2.24) is 20.4 Å². The van der Waals surface area contributed by atoms with Gasteiger partial charge in [-0.25, -0.2) is 4.79 Å². The van der Waals surface area contributed by atoms with Crippen LogP contribution in [-0.4, -0.2) is 86.2 Å². The molecule has 0 radical (unpaired) electrons. The lowest BCUT2D eigenvalue weighted by Gasteiger charge is -2.50. The zero-order valence-electron chi connectivity index (χ0n) is 17.4. The van der Waals surface area contributed by atoms with Crippen molar-refractivity contribution in [3.63, 3.8) is 0 Å². The Labute approximate surface area is 173 Å². The minimum atomic E-state index is -0.0401. The summed E-state index contributed by atoms with van der Waals surface area (Å²) in [5.41, 5.74) is 1.21. The lowest BCUT2D eigenvalue weighted by atomic mass is 9.83.